The summed E-state index contributed by atoms with van der Waals surface area (Å²) in [5, 5.41) is 11.4. The molecule has 2 aliphatic carbocycles. The molecule has 0 aromatic carbocycles. The number of rotatable bonds is 1. The number of furan rings is 1. The molecule has 2 aromatic rings. The van der Waals surface area contributed by atoms with Crippen LogP contribution in [-0.2, 0) is 31.1 Å². The van der Waals surface area contributed by atoms with Crippen LogP contribution in [-0.4, -0.2) is 22.0 Å². The van der Waals surface area contributed by atoms with Crippen LogP contribution >= 0.6 is 0 Å². The molecule has 6 rings (SSSR count). The van der Waals surface area contributed by atoms with Gasteiger partial charge >= 0.3 is 11.9 Å². The van der Waals surface area contributed by atoms with E-state index in [1.54, 1.807) is 18.6 Å². The quantitative estimate of drug-likeness (QED) is 0.653. The second-order valence-corrected chi connectivity index (χ2v) is 10.8. The Kier molecular flexibility index (Phi) is 3.97. The van der Waals surface area contributed by atoms with Gasteiger partial charge in [0, 0.05) is 45.2 Å². The fourth-order valence-electron chi connectivity index (χ4n) is 6.68. The maximum absolute atomic E-state index is 12.6. The van der Waals surface area contributed by atoms with Gasteiger partial charge in [-0.15, -0.1) is 0 Å². The number of hydrogen-bond donors (Lipinski definition) is 1. The van der Waals surface area contributed by atoms with Crippen molar-refractivity contribution >= 4 is 17.5 Å². The number of carbonyl (C=O) groups excluding carboxylic acids is 2. The van der Waals surface area contributed by atoms with Gasteiger partial charge in [-0.1, -0.05) is 20.8 Å². The zero-order valence-electron chi connectivity index (χ0n) is 19.2. The molecule has 1 saturated heterocycles. The van der Waals surface area contributed by atoms with Gasteiger partial charge in [-0.05, 0) is 37.5 Å². The molecular weight excluding hydrogens is 422 g/mol. The minimum absolute atomic E-state index is 0.172. The van der Waals surface area contributed by atoms with E-state index in [4.69, 9.17) is 18.9 Å². The lowest BCUT2D eigenvalue weighted by atomic mass is 9.58. The normalized spacial score (nSPS) is 36.0. The zero-order chi connectivity index (χ0) is 23.3. The van der Waals surface area contributed by atoms with E-state index in [9.17, 15) is 14.7 Å². The molecular formula is C26H27NO6. The number of nitrogens with zero attached hydrogens (tertiary/aromatic N) is 1. The highest BCUT2D eigenvalue weighted by Gasteiger charge is 2.61. The van der Waals surface area contributed by atoms with Crippen molar-refractivity contribution in [1.29, 1.82) is 0 Å². The summed E-state index contributed by atoms with van der Waals surface area (Å²) >= 11 is 0. The topological polar surface area (TPSA) is 98.9 Å². The average Bonchev–Trinajstić information content (AvgIpc) is 3.40. The van der Waals surface area contributed by atoms with Crippen molar-refractivity contribution in [2.24, 2.45) is 16.7 Å². The minimum atomic E-state index is -0.885. The van der Waals surface area contributed by atoms with Gasteiger partial charge in [0.25, 0.3) is 0 Å². The first-order valence-corrected chi connectivity index (χ1v) is 11.4. The maximum Gasteiger partial charge on any atom is 0.331 e. The van der Waals surface area contributed by atoms with Gasteiger partial charge in [-0.3, -0.25) is 9.78 Å². The van der Waals surface area contributed by atoms with Gasteiger partial charge in [0.15, 0.2) is 5.60 Å². The van der Waals surface area contributed by atoms with Crippen LogP contribution in [0.25, 0.3) is 5.57 Å². The van der Waals surface area contributed by atoms with Crippen LogP contribution in [0.5, 0.6) is 0 Å². The zero-order valence-corrected chi connectivity index (χ0v) is 19.2. The number of ether oxygens (including phenoxy) is 2. The highest BCUT2D eigenvalue weighted by Crippen LogP contribution is 2.61. The molecule has 2 aliphatic heterocycles. The average molecular weight is 450 g/mol. The number of aliphatic hydroxyl groups excluding tert-OH is 1. The van der Waals surface area contributed by atoms with E-state index in [1.807, 2.05) is 32.9 Å². The molecule has 0 unspecified atom stereocenters. The van der Waals surface area contributed by atoms with Gasteiger partial charge in [-0.2, -0.15) is 0 Å². The Morgan fingerprint density at radius 2 is 1.97 bits per heavy atom. The Morgan fingerprint density at radius 1 is 1.18 bits per heavy atom. The highest BCUT2D eigenvalue weighted by molar-refractivity contribution is 5.96. The molecule has 1 N–H and O–H groups in total. The number of aliphatic hydroxyl groups is 1. The molecule has 172 valence electrons. The predicted octanol–water partition coefficient (Wildman–Crippen LogP) is 4.16. The van der Waals surface area contributed by atoms with Crippen LogP contribution in [0.4, 0.5) is 0 Å². The molecule has 0 bridgehead atoms. The molecule has 4 aliphatic rings. The van der Waals surface area contributed by atoms with E-state index >= 15 is 0 Å². The maximum atomic E-state index is 12.6. The number of carbonyl (C=O) groups is 2. The molecule has 33 heavy (non-hydrogen) atoms. The highest BCUT2D eigenvalue weighted by atomic mass is 16.6. The van der Waals surface area contributed by atoms with Gasteiger partial charge in [0.2, 0.25) is 0 Å². The first-order chi connectivity index (χ1) is 15.6. The predicted molar refractivity (Wildman–Crippen MR) is 116 cm³/mol. The van der Waals surface area contributed by atoms with E-state index in [-0.39, 0.29) is 18.3 Å². The smallest absolute Gasteiger partial charge is 0.331 e. The second-order valence-electron chi connectivity index (χ2n) is 10.8. The standard InChI is InChI=1S/C26H27NO6/c1-24(2)18-11-20(29)33-26(18,4)21-15(22(24)30)9-14-16-10-19(28)32-23(13-6-8-31-12-13)25(16,3)7-5-17(14)27-21/h6,8-10,12,18,22-23,30H,5,7,11H2,1-4H3/t18-,22-,23-,25+,26-/m0/s1. The van der Waals surface area contributed by atoms with Crippen molar-refractivity contribution < 1.29 is 28.6 Å². The SMILES string of the molecule is CC1(C)[C@@H](O)c2cc3c(nc2[C@@]2(C)OC(=O)C[C@@H]12)CC[C@]1(C)C3=CC(=O)O[C@H]1c1ccoc1. The summed E-state index contributed by atoms with van der Waals surface area (Å²) < 4.78 is 16.9. The molecule has 7 heteroatoms. The number of aryl methyl sites for hydroxylation is 1. The summed E-state index contributed by atoms with van der Waals surface area (Å²) in [6.07, 6.45) is 5.15. The van der Waals surface area contributed by atoms with Crippen LogP contribution < -0.4 is 0 Å². The van der Waals surface area contributed by atoms with Crippen molar-refractivity contribution in [2.75, 3.05) is 0 Å². The summed E-state index contributed by atoms with van der Waals surface area (Å²) in [7, 11) is 0. The molecule has 4 heterocycles. The molecule has 0 spiro atoms. The third-order valence-electron chi connectivity index (χ3n) is 8.57. The summed E-state index contributed by atoms with van der Waals surface area (Å²) in [6.45, 7) is 7.96. The summed E-state index contributed by atoms with van der Waals surface area (Å²) in [6, 6.07) is 3.79. The molecule has 0 amide bonds. The van der Waals surface area contributed by atoms with Crippen molar-refractivity contribution in [1.82, 2.24) is 4.98 Å². The Labute approximate surface area is 191 Å². The number of fused-ring (bicyclic) bond motifs is 6. The number of pyridine rings is 1. The largest absolute Gasteiger partial charge is 0.472 e. The Hall–Kier alpha value is -2.93. The van der Waals surface area contributed by atoms with E-state index < -0.39 is 34.6 Å². The molecule has 0 saturated carbocycles. The van der Waals surface area contributed by atoms with Gasteiger partial charge in [0.1, 0.15) is 6.10 Å². The monoisotopic (exact) mass is 449 g/mol. The number of esters is 2. The van der Waals surface area contributed by atoms with Gasteiger partial charge in [-0.25, -0.2) is 4.79 Å². The molecule has 1 fully saturated rings. The van der Waals surface area contributed by atoms with Crippen molar-refractivity contribution in [3.8, 4) is 0 Å². The van der Waals surface area contributed by atoms with Crippen molar-refractivity contribution in [3.63, 3.8) is 0 Å². The van der Waals surface area contributed by atoms with Crippen LogP contribution in [0.15, 0.2) is 35.2 Å². The Balaban J connectivity index is 1.54. The fourth-order valence-corrected chi connectivity index (χ4v) is 6.68. The lowest BCUT2D eigenvalue weighted by Crippen LogP contribution is -2.48. The van der Waals surface area contributed by atoms with Gasteiger partial charge in [0.05, 0.1) is 30.7 Å². The molecule has 0 radical (unpaired) electrons. The van der Waals surface area contributed by atoms with Crippen LogP contribution in [0, 0.1) is 16.7 Å². The molecule has 2 aromatic heterocycles. The Bertz CT molecular complexity index is 1230. The van der Waals surface area contributed by atoms with Gasteiger partial charge < -0.3 is 19.0 Å². The number of hydrogen-bond acceptors (Lipinski definition) is 7. The van der Waals surface area contributed by atoms with Crippen LogP contribution in [0.2, 0.25) is 0 Å². The first kappa shape index (κ1) is 20.7. The number of cyclic esters (lactones) is 1. The summed E-state index contributed by atoms with van der Waals surface area (Å²) in [4.78, 5) is 29.9. The van der Waals surface area contributed by atoms with E-state index in [0.717, 1.165) is 28.8 Å². The number of aromatic nitrogens is 1. The minimum Gasteiger partial charge on any atom is -0.472 e. The summed E-state index contributed by atoms with van der Waals surface area (Å²) in [5.41, 5.74) is 2.77. The second kappa shape index (κ2) is 6.35. The lowest BCUT2D eigenvalue weighted by Gasteiger charge is -2.49. The first-order valence-electron chi connectivity index (χ1n) is 11.4. The fraction of sp³-hybridized carbons (Fsp3) is 0.500. The van der Waals surface area contributed by atoms with E-state index in [2.05, 4.69) is 6.92 Å². The van der Waals surface area contributed by atoms with Crippen LogP contribution in [0.1, 0.15) is 80.8 Å². The molecule has 7 nitrogen and oxygen atoms in total. The van der Waals surface area contributed by atoms with E-state index in [0.29, 0.717) is 17.7 Å². The van der Waals surface area contributed by atoms with Crippen molar-refractivity contribution in [2.45, 2.75) is 64.8 Å². The van der Waals surface area contributed by atoms with Crippen LogP contribution in [0.3, 0.4) is 0 Å². The van der Waals surface area contributed by atoms with E-state index in [1.165, 1.54) is 0 Å². The third-order valence-corrected chi connectivity index (χ3v) is 8.57. The van der Waals surface area contributed by atoms with Crippen molar-refractivity contribution in [3.05, 3.63) is 58.8 Å². The Morgan fingerprint density at radius 3 is 2.70 bits per heavy atom. The molecule has 5 atom stereocenters. The third kappa shape index (κ3) is 2.57. The lowest BCUT2D eigenvalue weighted by molar-refractivity contribution is -0.155. The summed E-state index contributed by atoms with van der Waals surface area (Å²) in [5.74, 6) is -0.839.